The maximum absolute atomic E-state index is 11.2. The van der Waals surface area contributed by atoms with Crippen molar-refractivity contribution in [1.82, 2.24) is 9.78 Å². The molecule has 1 N–H and O–H groups in total. The zero-order valence-electron chi connectivity index (χ0n) is 12.0. The molecule has 1 fully saturated rings. The molecule has 1 aliphatic heterocycles. The molecule has 1 aliphatic rings. The number of hydrogen-bond donors (Lipinski definition) is 1. The zero-order chi connectivity index (χ0) is 15.9. The van der Waals surface area contributed by atoms with E-state index in [0.29, 0.717) is 24.1 Å². The summed E-state index contributed by atoms with van der Waals surface area (Å²) >= 11 is 0. The molecule has 22 heavy (non-hydrogen) atoms. The molecule has 0 spiro atoms. The van der Waals surface area contributed by atoms with E-state index in [1.54, 1.807) is 0 Å². The number of carbonyl (C=O) groups is 1. The lowest BCUT2D eigenvalue weighted by Crippen LogP contribution is -2.21. The fraction of sp³-hybridized carbons (Fsp3) is 0.429. The van der Waals surface area contributed by atoms with Crippen LogP contribution in [0.15, 0.2) is 12.1 Å². The van der Waals surface area contributed by atoms with Crippen molar-refractivity contribution in [3.05, 3.63) is 33.5 Å². The number of carboxylic acid groups (broad SMARTS) is 1. The minimum Gasteiger partial charge on any atom is -0.477 e. The molecule has 0 unspecified atom stereocenters. The fourth-order valence-electron chi connectivity index (χ4n) is 2.87. The summed E-state index contributed by atoms with van der Waals surface area (Å²) in [7, 11) is 0. The van der Waals surface area contributed by atoms with Gasteiger partial charge < -0.3 is 9.84 Å². The van der Waals surface area contributed by atoms with Crippen LogP contribution in [0.4, 0.5) is 5.69 Å². The van der Waals surface area contributed by atoms with Crippen molar-refractivity contribution < 1.29 is 19.6 Å². The summed E-state index contributed by atoms with van der Waals surface area (Å²) in [5.41, 5.74) is 0.526. The van der Waals surface area contributed by atoms with Gasteiger partial charge in [0.1, 0.15) is 5.56 Å². The summed E-state index contributed by atoms with van der Waals surface area (Å²) in [6.45, 7) is 3.15. The van der Waals surface area contributed by atoms with Gasteiger partial charge >= 0.3 is 5.97 Å². The Morgan fingerprint density at radius 1 is 1.45 bits per heavy atom. The number of aromatic carboxylic acids is 1. The maximum Gasteiger partial charge on any atom is 0.342 e. The minimum absolute atomic E-state index is 0.175. The van der Waals surface area contributed by atoms with Crippen LogP contribution in [-0.4, -0.2) is 39.0 Å². The van der Waals surface area contributed by atoms with Gasteiger partial charge in [-0.25, -0.2) is 4.79 Å². The SMILES string of the molecule is Cc1c2cc([N+](=O)[O-])c(C(=O)O)cc2nn1C1CCOCC1. The van der Waals surface area contributed by atoms with Gasteiger partial charge in [0.05, 0.1) is 16.5 Å². The maximum atomic E-state index is 11.2. The smallest absolute Gasteiger partial charge is 0.342 e. The molecule has 0 amide bonds. The van der Waals surface area contributed by atoms with Gasteiger partial charge in [0, 0.05) is 30.4 Å². The van der Waals surface area contributed by atoms with Gasteiger partial charge in [-0.2, -0.15) is 5.10 Å². The molecule has 3 rings (SSSR count). The fourth-order valence-corrected chi connectivity index (χ4v) is 2.87. The van der Waals surface area contributed by atoms with Crippen molar-refractivity contribution in [1.29, 1.82) is 0 Å². The highest BCUT2D eigenvalue weighted by Crippen LogP contribution is 2.31. The molecular formula is C14H15N3O5. The molecule has 116 valence electrons. The van der Waals surface area contributed by atoms with E-state index in [0.717, 1.165) is 18.5 Å². The van der Waals surface area contributed by atoms with Gasteiger partial charge in [-0.15, -0.1) is 0 Å². The number of ether oxygens (including phenoxy) is 1. The number of fused-ring (bicyclic) bond motifs is 1. The van der Waals surface area contributed by atoms with Gasteiger partial charge in [-0.05, 0) is 25.8 Å². The molecular weight excluding hydrogens is 290 g/mol. The zero-order valence-corrected chi connectivity index (χ0v) is 12.0. The van der Waals surface area contributed by atoms with E-state index >= 15 is 0 Å². The van der Waals surface area contributed by atoms with Crippen molar-refractivity contribution in [2.24, 2.45) is 0 Å². The molecule has 0 radical (unpaired) electrons. The second kappa shape index (κ2) is 5.38. The predicted molar refractivity (Wildman–Crippen MR) is 77.2 cm³/mol. The Balaban J connectivity index is 2.16. The standard InChI is InChI=1S/C14H15N3O5/c1-8-10-7-13(17(20)21)11(14(18)19)6-12(10)15-16(8)9-2-4-22-5-3-9/h6-7,9H,2-5H2,1H3,(H,18,19). The second-order valence-corrected chi connectivity index (χ2v) is 5.32. The summed E-state index contributed by atoms with van der Waals surface area (Å²) in [5.74, 6) is -1.33. The molecule has 0 aliphatic carbocycles. The van der Waals surface area contributed by atoms with Crippen LogP contribution in [0.3, 0.4) is 0 Å². The predicted octanol–water partition coefficient (Wildman–Crippen LogP) is 2.30. The van der Waals surface area contributed by atoms with Crippen LogP contribution in [-0.2, 0) is 4.74 Å². The van der Waals surface area contributed by atoms with Crippen LogP contribution in [0.5, 0.6) is 0 Å². The van der Waals surface area contributed by atoms with Crippen molar-refractivity contribution in [3.8, 4) is 0 Å². The van der Waals surface area contributed by atoms with Crippen molar-refractivity contribution in [2.75, 3.05) is 13.2 Å². The first kappa shape index (κ1) is 14.5. The van der Waals surface area contributed by atoms with E-state index in [9.17, 15) is 14.9 Å². The third-order valence-corrected chi connectivity index (χ3v) is 4.03. The molecule has 1 aromatic carbocycles. The third-order valence-electron chi connectivity index (χ3n) is 4.03. The number of carboxylic acids is 1. The molecule has 1 aromatic heterocycles. The third kappa shape index (κ3) is 2.31. The van der Waals surface area contributed by atoms with E-state index in [2.05, 4.69) is 5.10 Å². The Morgan fingerprint density at radius 3 is 2.73 bits per heavy atom. The van der Waals surface area contributed by atoms with E-state index in [-0.39, 0.29) is 11.6 Å². The number of nitro groups is 1. The monoisotopic (exact) mass is 305 g/mol. The average Bonchev–Trinajstić information content (AvgIpc) is 2.83. The molecule has 0 bridgehead atoms. The van der Waals surface area contributed by atoms with E-state index in [1.807, 2.05) is 11.6 Å². The van der Waals surface area contributed by atoms with Gasteiger partial charge in [-0.3, -0.25) is 14.8 Å². The van der Waals surface area contributed by atoms with Crippen molar-refractivity contribution in [3.63, 3.8) is 0 Å². The number of benzene rings is 1. The number of nitrogens with zero attached hydrogens (tertiary/aromatic N) is 3. The van der Waals surface area contributed by atoms with E-state index in [4.69, 9.17) is 9.84 Å². The van der Waals surface area contributed by atoms with Gasteiger partial charge in [0.15, 0.2) is 0 Å². The second-order valence-electron chi connectivity index (χ2n) is 5.32. The lowest BCUT2D eigenvalue weighted by molar-refractivity contribution is -0.385. The highest BCUT2D eigenvalue weighted by Gasteiger charge is 2.25. The van der Waals surface area contributed by atoms with Gasteiger partial charge in [0.25, 0.3) is 5.69 Å². The molecule has 2 aromatic rings. The quantitative estimate of drug-likeness (QED) is 0.688. The minimum atomic E-state index is -1.33. The first-order chi connectivity index (χ1) is 10.5. The van der Waals surface area contributed by atoms with E-state index < -0.39 is 16.6 Å². The average molecular weight is 305 g/mol. The highest BCUT2D eigenvalue weighted by atomic mass is 16.6. The lowest BCUT2D eigenvalue weighted by Gasteiger charge is -2.23. The Morgan fingerprint density at radius 2 is 2.14 bits per heavy atom. The Labute approximate surface area is 125 Å². The van der Waals surface area contributed by atoms with Crippen LogP contribution in [0, 0.1) is 17.0 Å². The molecule has 8 heteroatoms. The highest BCUT2D eigenvalue weighted by molar-refractivity contribution is 5.98. The molecule has 2 heterocycles. The summed E-state index contributed by atoms with van der Waals surface area (Å²) in [5, 5.41) is 25.3. The van der Waals surface area contributed by atoms with Crippen molar-refractivity contribution >= 4 is 22.6 Å². The Hall–Kier alpha value is -2.48. The summed E-state index contributed by atoms with van der Waals surface area (Å²) < 4.78 is 7.16. The largest absolute Gasteiger partial charge is 0.477 e. The van der Waals surface area contributed by atoms with Crippen LogP contribution in [0.2, 0.25) is 0 Å². The molecule has 8 nitrogen and oxygen atoms in total. The summed E-state index contributed by atoms with van der Waals surface area (Å²) in [6.07, 6.45) is 1.64. The van der Waals surface area contributed by atoms with Crippen LogP contribution in [0.25, 0.3) is 10.9 Å². The summed E-state index contributed by atoms with van der Waals surface area (Å²) in [6, 6.07) is 2.75. The van der Waals surface area contributed by atoms with Gasteiger partial charge in [-0.1, -0.05) is 0 Å². The van der Waals surface area contributed by atoms with Crippen LogP contribution >= 0.6 is 0 Å². The van der Waals surface area contributed by atoms with Crippen molar-refractivity contribution in [2.45, 2.75) is 25.8 Å². The van der Waals surface area contributed by atoms with Gasteiger partial charge in [0.2, 0.25) is 0 Å². The lowest BCUT2D eigenvalue weighted by atomic mass is 10.1. The molecule has 0 atom stereocenters. The number of hydrogen-bond acceptors (Lipinski definition) is 5. The van der Waals surface area contributed by atoms with Crippen LogP contribution < -0.4 is 0 Å². The summed E-state index contributed by atoms with van der Waals surface area (Å²) in [4.78, 5) is 21.6. The van der Waals surface area contributed by atoms with Crippen LogP contribution in [0.1, 0.15) is 34.9 Å². The number of nitro benzene ring substituents is 1. The normalized spacial score (nSPS) is 16.0. The topological polar surface area (TPSA) is 107 Å². The molecule has 0 saturated carbocycles. The number of aromatic nitrogens is 2. The first-order valence-electron chi connectivity index (χ1n) is 6.97. The number of aryl methyl sites for hydroxylation is 1. The molecule has 1 saturated heterocycles. The first-order valence-corrected chi connectivity index (χ1v) is 6.97. The number of rotatable bonds is 3. The Bertz CT molecular complexity index is 761. The Kier molecular flexibility index (Phi) is 3.53. The van der Waals surface area contributed by atoms with E-state index in [1.165, 1.54) is 12.1 Å².